The van der Waals surface area contributed by atoms with E-state index in [0.29, 0.717) is 5.95 Å². The summed E-state index contributed by atoms with van der Waals surface area (Å²) in [6.07, 6.45) is 5.33. The van der Waals surface area contributed by atoms with Crippen molar-refractivity contribution in [2.45, 2.75) is 6.54 Å². The van der Waals surface area contributed by atoms with Crippen molar-refractivity contribution in [2.24, 2.45) is 0 Å². The highest BCUT2D eigenvalue weighted by Crippen LogP contribution is 2.09. The van der Waals surface area contributed by atoms with Crippen molar-refractivity contribution < 1.29 is 0 Å². The van der Waals surface area contributed by atoms with E-state index < -0.39 is 0 Å². The number of anilines is 1. The molecule has 0 bridgehead atoms. The SMILES string of the molecule is Nc1nccn1Cc1ccns1. The summed E-state index contributed by atoms with van der Waals surface area (Å²) in [6, 6.07) is 1.98. The fourth-order valence-electron chi connectivity index (χ4n) is 0.966. The average Bonchev–Trinajstić information content (AvgIpc) is 2.65. The highest BCUT2D eigenvalue weighted by atomic mass is 32.1. The number of aromatic nitrogens is 3. The van der Waals surface area contributed by atoms with Crippen LogP contribution in [0.15, 0.2) is 24.7 Å². The molecular weight excluding hydrogens is 172 g/mol. The number of nitrogens with two attached hydrogens (primary N) is 1. The number of rotatable bonds is 2. The normalized spacial score (nSPS) is 10.3. The molecule has 0 aliphatic heterocycles. The molecule has 0 spiro atoms. The van der Waals surface area contributed by atoms with Gasteiger partial charge >= 0.3 is 0 Å². The van der Waals surface area contributed by atoms with E-state index in [2.05, 4.69) is 9.36 Å². The lowest BCUT2D eigenvalue weighted by atomic mass is 10.5. The predicted octanol–water partition coefficient (Wildman–Crippen LogP) is 0.970. The van der Waals surface area contributed by atoms with E-state index in [-0.39, 0.29) is 0 Å². The lowest BCUT2D eigenvalue weighted by Crippen LogP contribution is -2.01. The topological polar surface area (TPSA) is 56.7 Å². The van der Waals surface area contributed by atoms with Crippen LogP contribution in [0.2, 0.25) is 0 Å². The molecule has 5 heteroatoms. The van der Waals surface area contributed by atoms with Gasteiger partial charge in [0.2, 0.25) is 0 Å². The molecule has 12 heavy (non-hydrogen) atoms. The number of imidazole rings is 1. The molecule has 2 rings (SSSR count). The molecular formula is C7H8N4S. The highest BCUT2D eigenvalue weighted by molar-refractivity contribution is 7.05. The van der Waals surface area contributed by atoms with Gasteiger partial charge in [-0.15, -0.1) is 0 Å². The van der Waals surface area contributed by atoms with E-state index in [9.17, 15) is 0 Å². The third-order valence-corrected chi connectivity index (χ3v) is 2.29. The second kappa shape index (κ2) is 2.94. The average molecular weight is 180 g/mol. The minimum absolute atomic E-state index is 0.545. The lowest BCUT2D eigenvalue weighted by molar-refractivity contribution is 0.824. The first-order chi connectivity index (χ1) is 5.86. The molecule has 0 aromatic carbocycles. The molecule has 0 fully saturated rings. The maximum atomic E-state index is 5.59. The largest absolute Gasteiger partial charge is 0.369 e. The molecule has 0 unspecified atom stereocenters. The van der Waals surface area contributed by atoms with Crippen LogP contribution in [-0.4, -0.2) is 13.9 Å². The predicted molar refractivity (Wildman–Crippen MR) is 47.9 cm³/mol. The van der Waals surface area contributed by atoms with Crippen molar-refractivity contribution in [3.05, 3.63) is 29.5 Å². The second-order valence-corrected chi connectivity index (χ2v) is 3.31. The minimum Gasteiger partial charge on any atom is -0.369 e. The van der Waals surface area contributed by atoms with Crippen LogP contribution in [0.1, 0.15) is 4.88 Å². The summed E-state index contributed by atoms with van der Waals surface area (Å²) in [5.74, 6) is 0.545. The second-order valence-electron chi connectivity index (χ2n) is 2.39. The summed E-state index contributed by atoms with van der Waals surface area (Å²) in [5, 5.41) is 0. The number of hydrogen-bond donors (Lipinski definition) is 1. The van der Waals surface area contributed by atoms with Gasteiger partial charge in [-0.1, -0.05) is 0 Å². The zero-order valence-electron chi connectivity index (χ0n) is 6.34. The Morgan fingerprint density at radius 2 is 2.42 bits per heavy atom. The summed E-state index contributed by atoms with van der Waals surface area (Å²) in [7, 11) is 0. The standard InChI is InChI=1S/C7H8N4S/c8-7-9-3-4-11(7)5-6-1-2-10-12-6/h1-4H,5H2,(H2,8,9). The molecule has 0 aliphatic rings. The maximum Gasteiger partial charge on any atom is 0.200 e. The van der Waals surface area contributed by atoms with Gasteiger partial charge in [0.15, 0.2) is 5.95 Å². The summed E-state index contributed by atoms with van der Waals surface area (Å²) in [4.78, 5) is 5.10. The first-order valence-corrected chi connectivity index (χ1v) is 4.30. The van der Waals surface area contributed by atoms with Crippen LogP contribution in [0.4, 0.5) is 5.95 Å². The number of nitrogens with zero attached hydrogens (tertiary/aromatic N) is 3. The highest BCUT2D eigenvalue weighted by Gasteiger charge is 1.99. The Hall–Kier alpha value is -1.36. The van der Waals surface area contributed by atoms with E-state index in [1.165, 1.54) is 16.4 Å². The van der Waals surface area contributed by atoms with Gasteiger partial charge in [-0.3, -0.25) is 0 Å². The smallest absolute Gasteiger partial charge is 0.200 e. The van der Waals surface area contributed by atoms with Gasteiger partial charge < -0.3 is 10.3 Å². The molecule has 2 N–H and O–H groups in total. The Morgan fingerprint density at radius 3 is 3.00 bits per heavy atom. The van der Waals surface area contributed by atoms with E-state index in [0.717, 1.165) is 6.54 Å². The molecule has 4 nitrogen and oxygen atoms in total. The molecule has 0 atom stereocenters. The fourth-order valence-corrected chi connectivity index (χ4v) is 1.54. The van der Waals surface area contributed by atoms with Gasteiger partial charge in [0.25, 0.3) is 0 Å². The Balaban J connectivity index is 2.20. The third kappa shape index (κ3) is 1.31. The van der Waals surface area contributed by atoms with Crippen molar-refractivity contribution in [2.75, 3.05) is 5.73 Å². The molecule has 0 saturated carbocycles. The summed E-state index contributed by atoms with van der Waals surface area (Å²) in [5.41, 5.74) is 5.59. The van der Waals surface area contributed by atoms with Crippen LogP contribution in [0.25, 0.3) is 0 Å². The Bertz CT molecular complexity index is 351. The first-order valence-electron chi connectivity index (χ1n) is 3.52. The van der Waals surface area contributed by atoms with E-state index in [1.807, 2.05) is 16.8 Å². The Labute approximate surface area is 73.8 Å². The Morgan fingerprint density at radius 1 is 1.50 bits per heavy atom. The summed E-state index contributed by atoms with van der Waals surface area (Å²) >= 11 is 1.48. The van der Waals surface area contributed by atoms with Crippen LogP contribution < -0.4 is 5.73 Å². The maximum absolute atomic E-state index is 5.59. The van der Waals surface area contributed by atoms with Crippen LogP contribution in [0, 0.1) is 0 Å². The van der Waals surface area contributed by atoms with Gasteiger partial charge in [-0.25, -0.2) is 9.36 Å². The Kier molecular flexibility index (Phi) is 1.79. The molecule has 0 radical (unpaired) electrons. The van der Waals surface area contributed by atoms with Crippen molar-refractivity contribution in [3.63, 3.8) is 0 Å². The molecule has 2 aromatic heterocycles. The minimum atomic E-state index is 0.545. The summed E-state index contributed by atoms with van der Waals surface area (Å²) < 4.78 is 5.88. The van der Waals surface area contributed by atoms with Gasteiger partial charge in [-0.05, 0) is 17.6 Å². The molecule has 62 valence electrons. The summed E-state index contributed by atoms with van der Waals surface area (Å²) in [6.45, 7) is 0.760. The van der Waals surface area contributed by atoms with Crippen molar-refractivity contribution in [3.8, 4) is 0 Å². The fraction of sp³-hybridized carbons (Fsp3) is 0.143. The first kappa shape index (κ1) is 7.30. The zero-order valence-corrected chi connectivity index (χ0v) is 7.16. The van der Waals surface area contributed by atoms with Gasteiger partial charge in [-0.2, -0.15) is 0 Å². The van der Waals surface area contributed by atoms with Crippen molar-refractivity contribution in [1.82, 2.24) is 13.9 Å². The number of hydrogen-bond acceptors (Lipinski definition) is 4. The van der Waals surface area contributed by atoms with E-state index >= 15 is 0 Å². The molecule has 0 amide bonds. The van der Waals surface area contributed by atoms with Gasteiger partial charge in [0.05, 0.1) is 6.54 Å². The van der Waals surface area contributed by atoms with Gasteiger partial charge in [0.1, 0.15) is 0 Å². The molecule has 0 saturated heterocycles. The monoisotopic (exact) mass is 180 g/mol. The quantitative estimate of drug-likeness (QED) is 0.749. The molecule has 2 heterocycles. The van der Waals surface area contributed by atoms with Crippen molar-refractivity contribution >= 4 is 17.5 Å². The van der Waals surface area contributed by atoms with E-state index in [1.54, 1.807) is 12.4 Å². The van der Waals surface area contributed by atoms with Crippen LogP contribution in [-0.2, 0) is 6.54 Å². The van der Waals surface area contributed by atoms with Crippen LogP contribution >= 0.6 is 11.5 Å². The molecule has 2 aromatic rings. The lowest BCUT2D eigenvalue weighted by Gasteiger charge is -1.99. The number of nitrogen functional groups attached to an aromatic ring is 1. The van der Waals surface area contributed by atoms with Crippen LogP contribution in [0.3, 0.4) is 0 Å². The molecule has 0 aliphatic carbocycles. The van der Waals surface area contributed by atoms with Gasteiger partial charge in [0, 0.05) is 23.5 Å². The van der Waals surface area contributed by atoms with E-state index in [4.69, 9.17) is 5.73 Å². The zero-order chi connectivity index (χ0) is 8.39. The van der Waals surface area contributed by atoms with Crippen molar-refractivity contribution in [1.29, 1.82) is 0 Å². The third-order valence-electron chi connectivity index (χ3n) is 1.57. The van der Waals surface area contributed by atoms with Crippen LogP contribution in [0.5, 0.6) is 0 Å².